The molecule has 0 amide bonds. The number of nitrogens with zero attached hydrogens (tertiary/aromatic N) is 1. The molecule has 2 heterocycles. The number of rotatable bonds is 7. The molecule has 2 aliphatic rings. The van der Waals surface area contributed by atoms with Gasteiger partial charge in [0.2, 0.25) is 0 Å². The maximum atomic E-state index is 14.9. The quantitative estimate of drug-likeness (QED) is 0.449. The van der Waals surface area contributed by atoms with Crippen molar-refractivity contribution in [2.75, 3.05) is 32.9 Å². The number of likely N-dealkylation sites (tertiary alicyclic amines) is 1. The van der Waals surface area contributed by atoms with Crippen molar-refractivity contribution in [3.63, 3.8) is 0 Å². The van der Waals surface area contributed by atoms with Crippen molar-refractivity contribution in [3.8, 4) is 17.2 Å². The van der Waals surface area contributed by atoms with Crippen LogP contribution in [-0.4, -0.2) is 42.9 Å². The van der Waals surface area contributed by atoms with Gasteiger partial charge in [0.15, 0.2) is 0 Å². The Labute approximate surface area is 202 Å². The molecule has 7 heteroatoms. The molecule has 1 fully saturated rings. The Morgan fingerprint density at radius 3 is 2.49 bits per heavy atom. The van der Waals surface area contributed by atoms with Crippen LogP contribution in [0.3, 0.4) is 0 Å². The van der Waals surface area contributed by atoms with Gasteiger partial charge >= 0.3 is 0 Å². The van der Waals surface area contributed by atoms with Crippen LogP contribution in [0.4, 0.5) is 13.2 Å². The smallest absolute Gasteiger partial charge is 0.150 e. The average Bonchev–Trinajstić information content (AvgIpc) is 2.82. The zero-order valence-corrected chi connectivity index (χ0v) is 19.3. The maximum Gasteiger partial charge on any atom is 0.150 e. The van der Waals surface area contributed by atoms with Gasteiger partial charge < -0.3 is 14.6 Å². The van der Waals surface area contributed by atoms with Crippen LogP contribution in [-0.2, 0) is 0 Å². The molecule has 0 spiro atoms. The Balaban J connectivity index is 1.40. The van der Waals surface area contributed by atoms with Crippen LogP contribution in [0, 0.1) is 17.6 Å². The number of halogens is 3. The number of allylic oxidation sites excluding steroid dienone is 1. The van der Waals surface area contributed by atoms with E-state index in [0.29, 0.717) is 29.2 Å². The van der Waals surface area contributed by atoms with Gasteiger partial charge in [-0.25, -0.2) is 8.78 Å². The SMILES string of the molecule is CC1=C(c2ccc(F)cc2F)[C@H](c2ccc(OCCN3CC(CF)C3)cc2)Oc2ccc(O)cc21. The summed E-state index contributed by atoms with van der Waals surface area (Å²) in [5, 5.41) is 9.98. The molecule has 35 heavy (non-hydrogen) atoms. The van der Waals surface area contributed by atoms with E-state index in [4.69, 9.17) is 9.47 Å². The number of aromatic hydroxyl groups is 1. The third-order valence-electron chi connectivity index (χ3n) is 6.61. The first kappa shape index (κ1) is 23.3. The van der Waals surface area contributed by atoms with Gasteiger partial charge in [0, 0.05) is 48.3 Å². The molecule has 1 N–H and O–H groups in total. The fourth-order valence-electron chi connectivity index (χ4n) is 4.72. The molecule has 0 bridgehead atoms. The third-order valence-corrected chi connectivity index (χ3v) is 6.61. The van der Waals surface area contributed by atoms with E-state index in [1.807, 2.05) is 31.2 Å². The molecule has 3 aromatic rings. The Morgan fingerprint density at radius 1 is 1.00 bits per heavy atom. The van der Waals surface area contributed by atoms with Gasteiger partial charge in [0.1, 0.15) is 41.6 Å². The molecule has 4 nitrogen and oxygen atoms in total. The number of alkyl halides is 1. The fraction of sp³-hybridized carbons (Fsp3) is 0.286. The summed E-state index contributed by atoms with van der Waals surface area (Å²) >= 11 is 0. The molecule has 3 aromatic carbocycles. The molecular formula is C28H26F3NO3. The number of phenolic OH excluding ortho intramolecular Hbond substituents is 1. The molecule has 182 valence electrons. The second kappa shape index (κ2) is 9.66. The van der Waals surface area contributed by atoms with E-state index in [2.05, 4.69) is 4.90 Å². The lowest BCUT2D eigenvalue weighted by Crippen LogP contribution is -2.49. The predicted molar refractivity (Wildman–Crippen MR) is 128 cm³/mol. The van der Waals surface area contributed by atoms with Gasteiger partial charge in [-0.15, -0.1) is 0 Å². The summed E-state index contributed by atoms with van der Waals surface area (Å²) in [6, 6.07) is 15.7. The lowest BCUT2D eigenvalue weighted by molar-refractivity contribution is 0.0668. The highest BCUT2D eigenvalue weighted by molar-refractivity contribution is 5.95. The summed E-state index contributed by atoms with van der Waals surface area (Å²) < 4.78 is 53.2. The second-order valence-electron chi connectivity index (χ2n) is 9.04. The van der Waals surface area contributed by atoms with Crippen molar-refractivity contribution in [1.82, 2.24) is 4.90 Å². The second-order valence-corrected chi connectivity index (χ2v) is 9.04. The normalized spacial score (nSPS) is 18.1. The third kappa shape index (κ3) is 4.73. The summed E-state index contributed by atoms with van der Waals surface area (Å²) in [4.78, 5) is 2.15. The number of fused-ring (bicyclic) bond motifs is 1. The van der Waals surface area contributed by atoms with Gasteiger partial charge in [-0.05, 0) is 60.5 Å². The summed E-state index contributed by atoms with van der Waals surface area (Å²) in [6.45, 7) is 4.35. The standard InChI is InChI=1S/C28H26F3NO3/c1-17-24-13-21(33)5-9-26(24)35-28(27(17)23-8-4-20(30)12-25(23)31)19-2-6-22(7-3-19)34-11-10-32-15-18(14-29)16-32/h2-9,12-13,18,28,33H,10-11,14-16H2,1H3/t28-/m0/s1. The first-order valence-corrected chi connectivity index (χ1v) is 11.6. The first-order chi connectivity index (χ1) is 16.9. The lowest BCUT2D eigenvalue weighted by Gasteiger charge is -2.37. The van der Waals surface area contributed by atoms with Crippen LogP contribution >= 0.6 is 0 Å². The lowest BCUT2D eigenvalue weighted by atomic mass is 9.86. The van der Waals surface area contributed by atoms with E-state index in [1.165, 1.54) is 18.2 Å². The van der Waals surface area contributed by atoms with Crippen LogP contribution in [0.2, 0.25) is 0 Å². The summed E-state index contributed by atoms with van der Waals surface area (Å²) in [6.07, 6.45) is -0.639. The van der Waals surface area contributed by atoms with Crippen molar-refractivity contribution in [2.24, 2.45) is 5.92 Å². The van der Waals surface area contributed by atoms with E-state index in [9.17, 15) is 18.3 Å². The van der Waals surface area contributed by atoms with E-state index in [0.717, 1.165) is 36.8 Å². The molecule has 2 aliphatic heterocycles. The van der Waals surface area contributed by atoms with Gasteiger partial charge in [-0.2, -0.15) is 0 Å². The minimum Gasteiger partial charge on any atom is -0.508 e. The highest BCUT2D eigenvalue weighted by Crippen LogP contribution is 2.48. The van der Waals surface area contributed by atoms with Crippen LogP contribution in [0.25, 0.3) is 11.1 Å². The number of benzene rings is 3. The monoisotopic (exact) mass is 481 g/mol. The van der Waals surface area contributed by atoms with Crippen molar-refractivity contribution >= 4 is 11.1 Å². The van der Waals surface area contributed by atoms with Crippen LogP contribution in [0.1, 0.15) is 29.7 Å². The van der Waals surface area contributed by atoms with Crippen molar-refractivity contribution in [3.05, 3.63) is 89.0 Å². The summed E-state index contributed by atoms with van der Waals surface area (Å²) in [5.74, 6) is 0.138. The number of ether oxygens (including phenoxy) is 2. The topological polar surface area (TPSA) is 41.9 Å². The maximum absolute atomic E-state index is 14.9. The number of hydrogen-bond donors (Lipinski definition) is 1. The zero-order chi connectivity index (χ0) is 24.5. The van der Waals surface area contributed by atoms with E-state index in [1.54, 1.807) is 12.1 Å². The minimum absolute atomic E-state index is 0.0732. The molecule has 5 rings (SSSR count). The molecule has 0 radical (unpaired) electrons. The summed E-state index contributed by atoms with van der Waals surface area (Å²) in [7, 11) is 0. The highest BCUT2D eigenvalue weighted by atomic mass is 19.1. The number of phenols is 1. The molecule has 0 aliphatic carbocycles. The van der Waals surface area contributed by atoms with Gasteiger partial charge in [-0.3, -0.25) is 9.29 Å². The van der Waals surface area contributed by atoms with Crippen LogP contribution in [0.5, 0.6) is 17.2 Å². The minimum atomic E-state index is -0.683. The Hall–Kier alpha value is -3.45. The van der Waals surface area contributed by atoms with Gasteiger partial charge in [0.05, 0.1) is 6.67 Å². The molecule has 0 unspecified atom stereocenters. The Kier molecular flexibility index (Phi) is 6.43. The van der Waals surface area contributed by atoms with Crippen molar-refractivity contribution in [2.45, 2.75) is 13.0 Å². The molecule has 0 aromatic heterocycles. The largest absolute Gasteiger partial charge is 0.508 e. The first-order valence-electron chi connectivity index (χ1n) is 11.6. The van der Waals surface area contributed by atoms with E-state index >= 15 is 0 Å². The Bertz CT molecular complexity index is 1250. The molecular weight excluding hydrogens is 455 g/mol. The molecule has 1 saturated heterocycles. The highest BCUT2D eigenvalue weighted by Gasteiger charge is 2.31. The average molecular weight is 482 g/mol. The zero-order valence-electron chi connectivity index (χ0n) is 19.3. The van der Waals surface area contributed by atoms with E-state index in [-0.39, 0.29) is 23.9 Å². The van der Waals surface area contributed by atoms with E-state index < -0.39 is 17.7 Å². The van der Waals surface area contributed by atoms with Crippen LogP contribution in [0.15, 0.2) is 60.7 Å². The Morgan fingerprint density at radius 2 is 1.77 bits per heavy atom. The van der Waals surface area contributed by atoms with Crippen molar-refractivity contribution < 1.29 is 27.8 Å². The van der Waals surface area contributed by atoms with Crippen molar-refractivity contribution in [1.29, 1.82) is 0 Å². The fourth-order valence-corrected chi connectivity index (χ4v) is 4.72. The molecule has 1 atom stereocenters. The van der Waals surface area contributed by atoms with Gasteiger partial charge in [-0.1, -0.05) is 12.1 Å². The van der Waals surface area contributed by atoms with Crippen LogP contribution < -0.4 is 9.47 Å². The number of hydrogen-bond acceptors (Lipinski definition) is 4. The predicted octanol–water partition coefficient (Wildman–Crippen LogP) is 6.01. The molecule has 0 saturated carbocycles. The van der Waals surface area contributed by atoms with Gasteiger partial charge in [0.25, 0.3) is 0 Å². The summed E-state index contributed by atoms with van der Waals surface area (Å²) in [5.41, 5.74) is 2.97.